The third-order valence-corrected chi connectivity index (χ3v) is 5.24. The lowest BCUT2D eigenvalue weighted by molar-refractivity contribution is -0.140. The topological polar surface area (TPSA) is 54.0 Å². The lowest BCUT2D eigenvalue weighted by atomic mass is 9.95. The van der Waals surface area contributed by atoms with E-state index in [4.69, 9.17) is 18.9 Å². The van der Waals surface area contributed by atoms with Crippen molar-refractivity contribution < 1.29 is 23.7 Å². The fraction of sp³-hybridized carbons (Fsp3) is 0.400. The van der Waals surface area contributed by atoms with Gasteiger partial charge >= 0.3 is 5.97 Å². The van der Waals surface area contributed by atoms with Crippen LogP contribution in [0.2, 0.25) is 0 Å². The molecule has 0 N–H and O–H groups in total. The third kappa shape index (κ3) is 5.70. The van der Waals surface area contributed by atoms with Crippen LogP contribution < -0.4 is 14.2 Å². The zero-order valence-corrected chi connectivity index (χ0v) is 17.8. The van der Waals surface area contributed by atoms with Gasteiger partial charge in [-0.3, -0.25) is 4.79 Å². The predicted octanol–water partition coefficient (Wildman–Crippen LogP) is 4.72. The van der Waals surface area contributed by atoms with Gasteiger partial charge in [-0.25, -0.2) is 0 Å². The normalized spacial score (nSPS) is 14.4. The van der Waals surface area contributed by atoms with Gasteiger partial charge in [0.15, 0.2) is 11.5 Å². The second kappa shape index (κ2) is 10.6. The molecule has 1 fully saturated rings. The number of esters is 1. The molecule has 0 aliphatic heterocycles. The summed E-state index contributed by atoms with van der Waals surface area (Å²) in [7, 11) is 4.64. The Hall–Kier alpha value is -3.13. The van der Waals surface area contributed by atoms with E-state index in [0.717, 1.165) is 29.7 Å². The van der Waals surface area contributed by atoms with E-state index in [2.05, 4.69) is 11.8 Å². The largest absolute Gasteiger partial charge is 0.497 e. The number of carbonyl (C=O) groups excluding carboxylic acids is 1. The van der Waals surface area contributed by atoms with Crippen LogP contribution in [0.15, 0.2) is 42.5 Å². The molecule has 2 aromatic rings. The molecule has 3 rings (SSSR count). The number of hydrogen-bond donors (Lipinski definition) is 0. The molecular weight excluding hydrogens is 380 g/mol. The van der Waals surface area contributed by atoms with Crippen molar-refractivity contribution in [3.05, 3.63) is 53.6 Å². The summed E-state index contributed by atoms with van der Waals surface area (Å²) in [6, 6.07) is 13.3. The molecule has 158 valence electrons. The maximum Gasteiger partial charge on any atom is 0.307 e. The maximum absolute atomic E-state index is 12.0. The van der Waals surface area contributed by atoms with Crippen molar-refractivity contribution in [3.8, 4) is 29.1 Å². The molecule has 0 spiro atoms. The van der Waals surface area contributed by atoms with E-state index in [9.17, 15) is 4.79 Å². The van der Waals surface area contributed by atoms with Gasteiger partial charge < -0.3 is 18.9 Å². The van der Waals surface area contributed by atoms with Gasteiger partial charge in [0.25, 0.3) is 0 Å². The number of hydrogen-bond acceptors (Lipinski definition) is 5. The SMILES string of the molecule is COC(=O)CC(C#Cc1cccc(OC)c1)c1ccc(OC)c(OC2CCCC2)c1. The highest BCUT2D eigenvalue weighted by molar-refractivity contribution is 5.71. The molecule has 2 aromatic carbocycles. The quantitative estimate of drug-likeness (QED) is 0.490. The Labute approximate surface area is 178 Å². The fourth-order valence-electron chi connectivity index (χ4n) is 3.56. The van der Waals surface area contributed by atoms with Crippen molar-refractivity contribution >= 4 is 5.97 Å². The molecule has 0 heterocycles. The van der Waals surface area contributed by atoms with Crippen LogP contribution in [0.25, 0.3) is 0 Å². The van der Waals surface area contributed by atoms with Crippen molar-refractivity contribution in [2.24, 2.45) is 0 Å². The number of methoxy groups -OCH3 is 3. The molecule has 0 radical (unpaired) electrons. The van der Waals surface area contributed by atoms with Crippen LogP contribution >= 0.6 is 0 Å². The highest BCUT2D eigenvalue weighted by Crippen LogP contribution is 2.35. The van der Waals surface area contributed by atoms with E-state index in [1.165, 1.54) is 20.0 Å². The Balaban J connectivity index is 1.91. The van der Waals surface area contributed by atoms with Gasteiger partial charge in [-0.2, -0.15) is 0 Å². The van der Waals surface area contributed by atoms with E-state index in [1.54, 1.807) is 14.2 Å². The van der Waals surface area contributed by atoms with Crippen molar-refractivity contribution in [1.29, 1.82) is 0 Å². The fourth-order valence-corrected chi connectivity index (χ4v) is 3.56. The Kier molecular flexibility index (Phi) is 7.62. The summed E-state index contributed by atoms with van der Waals surface area (Å²) in [6.45, 7) is 0. The molecule has 5 heteroatoms. The van der Waals surface area contributed by atoms with Crippen LogP contribution in [0.4, 0.5) is 0 Å². The number of rotatable bonds is 7. The monoisotopic (exact) mass is 408 g/mol. The van der Waals surface area contributed by atoms with Crippen LogP contribution in [0.1, 0.15) is 49.1 Å². The molecule has 30 heavy (non-hydrogen) atoms. The molecular formula is C25H28O5. The van der Waals surface area contributed by atoms with E-state index in [-0.39, 0.29) is 24.4 Å². The minimum atomic E-state index is -0.333. The Morgan fingerprint density at radius 3 is 2.53 bits per heavy atom. The summed E-state index contributed by atoms with van der Waals surface area (Å²) in [4.78, 5) is 12.0. The highest BCUT2D eigenvalue weighted by atomic mass is 16.5. The molecule has 0 aromatic heterocycles. The second-order valence-electron chi connectivity index (χ2n) is 7.27. The van der Waals surface area contributed by atoms with Crippen molar-refractivity contribution in [2.45, 2.75) is 44.1 Å². The Morgan fingerprint density at radius 2 is 1.83 bits per heavy atom. The lowest BCUT2D eigenvalue weighted by Crippen LogP contribution is -2.12. The molecule has 1 unspecified atom stereocenters. The summed E-state index contributed by atoms with van der Waals surface area (Å²) in [5, 5.41) is 0. The van der Waals surface area contributed by atoms with Gasteiger partial charge in [0, 0.05) is 5.56 Å². The highest BCUT2D eigenvalue weighted by Gasteiger charge is 2.21. The minimum absolute atomic E-state index is 0.155. The van der Waals surface area contributed by atoms with Crippen molar-refractivity contribution in [3.63, 3.8) is 0 Å². The van der Waals surface area contributed by atoms with E-state index < -0.39 is 0 Å². The van der Waals surface area contributed by atoms with Crippen LogP contribution in [-0.4, -0.2) is 33.4 Å². The zero-order chi connectivity index (χ0) is 21.3. The summed E-state index contributed by atoms with van der Waals surface area (Å²) in [6.07, 6.45) is 4.83. The summed E-state index contributed by atoms with van der Waals surface area (Å²) < 4.78 is 21.8. The van der Waals surface area contributed by atoms with E-state index in [1.807, 2.05) is 42.5 Å². The number of carbonyl (C=O) groups is 1. The molecule has 1 aliphatic carbocycles. The number of benzene rings is 2. The molecule has 0 amide bonds. The maximum atomic E-state index is 12.0. The first-order valence-electron chi connectivity index (χ1n) is 10.2. The average Bonchev–Trinajstić information content (AvgIpc) is 3.29. The minimum Gasteiger partial charge on any atom is -0.497 e. The second-order valence-corrected chi connectivity index (χ2v) is 7.27. The van der Waals surface area contributed by atoms with Crippen LogP contribution in [0, 0.1) is 11.8 Å². The standard InChI is InChI=1S/C25H28O5/c1-27-22-10-6-7-18(15-22)11-12-20(17-25(26)29-3)19-13-14-23(28-2)24(16-19)30-21-8-4-5-9-21/h6-7,10,13-16,20-21H,4-5,8-9,17H2,1-3H3. The molecule has 0 bridgehead atoms. The van der Waals surface area contributed by atoms with Gasteiger partial charge in [-0.15, -0.1) is 0 Å². The molecule has 5 nitrogen and oxygen atoms in total. The van der Waals surface area contributed by atoms with Crippen LogP contribution in [0.5, 0.6) is 17.2 Å². The molecule has 1 atom stereocenters. The molecule has 0 saturated heterocycles. The molecule has 1 saturated carbocycles. The summed E-state index contributed by atoms with van der Waals surface area (Å²) in [5.74, 6) is 7.86. The summed E-state index contributed by atoms with van der Waals surface area (Å²) in [5.41, 5.74) is 1.71. The first-order valence-corrected chi connectivity index (χ1v) is 10.2. The van der Waals surface area contributed by atoms with Gasteiger partial charge in [0.2, 0.25) is 0 Å². The van der Waals surface area contributed by atoms with Gasteiger partial charge in [-0.1, -0.05) is 24.0 Å². The Morgan fingerprint density at radius 1 is 1.03 bits per heavy atom. The zero-order valence-electron chi connectivity index (χ0n) is 17.8. The predicted molar refractivity (Wildman–Crippen MR) is 115 cm³/mol. The van der Waals surface area contributed by atoms with Crippen molar-refractivity contribution in [2.75, 3.05) is 21.3 Å². The first-order chi connectivity index (χ1) is 14.6. The van der Waals surface area contributed by atoms with Crippen molar-refractivity contribution in [1.82, 2.24) is 0 Å². The molecule has 1 aliphatic rings. The van der Waals surface area contributed by atoms with Gasteiger partial charge in [0.1, 0.15) is 5.75 Å². The smallest absolute Gasteiger partial charge is 0.307 e. The van der Waals surface area contributed by atoms with Crippen LogP contribution in [-0.2, 0) is 9.53 Å². The number of ether oxygens (including phenoxy) is 4. The first kappa shape index (κ1) is 21.6. The van der Waals surface area contributed by atoms with Gasteiger partial charge in [-0.05, 0) is 61.6 Å². The third-order valence-electron chi connectivity index (χ3n) is 5.24. The van der Waals surface area contributed by atoms with Gasteiger partial charge in [0.05, 0.1) is 39.8 Å². The van der Waals surface area contributed by atoms with E-state index in [0.29, 0.717) is 11.5 Å². The van der Waals surface area contributed by atoms with Crippen LogP contribution in [0.3, 0.4) is 0 Å². The lowest BCUT2D eigenvalue weighted by Gasteiger charge is -2.18. The summed E-state index contributed by atoms with van der Waals surface area (Å²) >= 11 is 0. The van der Waals surface area contributed by atoms with E-state index >= 15 is 0 Å². The Bertz CT molecular complexity index is 919. The average molecular weight is 408 g/mol.